The van der Waals surface area contributed by atoms with Crippen molar-refractivity contribution < 1.29 is 19.7 Å². The van der Waals surface area contributed by atoms with Gasteiger partial charge in [0.15, 0.2) is 0 Å². The van der Waals surface area contributed by atoms with Gasteiger partial charge in [0.1, 0.15) is 12.4 Å². The Labute approximate surface area is 137 Å². The van der Waals surface area contributed by atoms with Crippen LogP contribution in [0.15, 0.2) is 24.3 Å². The number of benzene rings is 1. The van der Waals surface area contributed by atoms with Gasteiger partial charge in [0.25, 0.3) is 0 Å². The molecule has 2 fully saturated rings. The van der Waals surface area contributed by atoms with Crippen LogP contribution in [0.3, 0.4) is 0 Å². The number of rotatable bonds is 6. The van der Waals surface area contributed by atoms with Gasteiger partial charge in [0.2, 0.25) is 0 Å². The van der Waals surface area contributed by atoms with Crippen LogP contribution in [0.2, 0.25) is 0 Å². The zero-order valence-electron chi connectivity index (χ0n) is 13.8. The van der Waals surface area contributed by atoms with Crippen molar-refractivity contribution in [3.63, 3.8) is 0 Å². The first-order valence-corrected chi connectivity index (χ1v) is 8.47. The van der Waals surface area contributed by atoms with Gasteiger partial charge in [-0.2, -0.15) is 0 Å². The van der Waals surface area contributed by atoms with E-state index in [2.05, 4.69) is 11.0 Å². The van der Waals surface area contributed by atoms with Crippen LogP contribution >= 0.6 is 0 Å². The van der Waals surface area contributed by atoms with Gasteiger partial charge in [-0.25, -0.2) is 0 Å². The summed E-state index contributed by atoms with van der Waals surface area (Å²) >= 11 is 0. The first kappa shape index (κ1) is 16.7. The summed E-state index contributed by atoms with van der Waals surface area (Å²) in [4.78, 5) is 2.41. The molecule has 0 radical (unpaired) electrons. The summed E-state index contributed by atoms with van der Waals surface area (Å²) in [6.07, 6.45) is 3.31. The van der Waals surface area contributed by atoms with E-state index < -0.39 is 0 Å². The highest BCUT2D eigenvalue weighted by molar-refractivity contribution is 5.33. The van der Waals surface area contributed by atoms with Gasteiger partial charge in [-0.3, -0.25) is 4.90 Å². The SMILES string of the molecule is CO[C@@]12CC[C@H](O)C[C@@H]1N(Cc1ccccc1OCCO)CC2. The number of fused-ring (bicyclic) bond motifs is 1. The van der Waals surface area contributed by atoms with Crippen LogP contribution in [-0.2, 0) is 11.3 Å². The van der Waals surface area contributed by atoms with Crippen molar-refractivity contribution in [2.24, 2.45) is 0 Å². The lowest BCUT2D eigenvalue weighted by Crippen LogP contribution is -2.51. The molecule has 2 aliphatic rings. The number of nitrogens with zero attached hydrogens (tertiary/aromatic N) is 1. The summed E-state index contributed by atoms with van der Waals surface area (Å²) < 4.78 is 11.5. The Kier molecular flexibility index (Phi) is 5.21. The summed E-state index contributed by atoms with van der Waals surface area (Å²) in [5.41, 5.74) is 1.01. The molecule has 1 saturated heterocycles. The number of hydrogen-bond acceptors (Lipinski definition) is 5. The maximum absolute atomic E-state index is 10.1. The topological polar surface area (TPSA) is 62.2 Å². The lowest BCUT2D eigenvalue weighted by molar-refractivity contribution is -0.0880. The van der Waals surface area contributed by atoms with Gasteiger partial charge in [-0.05, 0) is 31.7 Å². The predicted molar refractivity (Wildman–Crippen MR) is 87.4 cm³/mol. The zero-order valence-corrected chi connectivity index (χ0v) is 13.8. The Hall–Kier alpha value is -1.14. The molecular formula is C18H27NO4. The average molecular weight is 321 g/mol. The van der Waals surface area contributed by atoms with Crippen molar-refractivity contribution in [1.29, 1.82) is 0 Å². The molecule has 0 aromatic heterocycles. The molecule has 1 aromatic carbocycles. The number of methoxy groups -OCH3 is 1. The second-order valence-corrected chi connectivity index (χ2v) is 6.61. The summed E-state index contributed by atoms with van der Waals surface area (Å²) in [5, 5.41) is 19.1. The molecule has 0 bridgehead atoms. The lowest BCUT2D eigenvalue weighted by atomic mass is 9.79. The van der Waals surface area contributed by atoms with Gasteiger partial charge in [-0.15, -0.1) is 0 Å². The number of likely N-dealkylation sites (tertiary alicyclic amines) is 1. The number of hydrogen-bond donors (Lipinski definition) is 2. The van der Waals surface area contributed by atoms with Crippen LogP contribution in [-0.4, -0.2) is 59.7 Å². The Balaban J connectivity index is 1.75. The number of aliphatic hydroxyl groups is 2. The lowest BCUT2D eigenvalue weighted by Gasteiger charge is -2.42. The fraction of sp³-hybridized carbons (Fsp3) is 0.667. The third-order valence-electron chi connectivity index (χ3n) is 5.37. The van der Waals surface area contributed by atoms with Crippen molar-refractivity contribution in [3.05, 3.63) is 29.8 Å². The van der Waals surface area contributed by atoms with E-state index in [0.717, 1.165) is 50.1 Å². The molecule has 1 aliphatic carbocycles. The van der Waals surface area contributed by atoms with Gasteiger partial charge in [-0.1, -0.05) is 18.2 Å². The van der Waals surface area contributed by atoms with Crippen molar-refractivity contribution in [2.45, 2.75) is 50.0 Å². The molecule has 1 aliphatic heterocycles. The molecule has 3 rings (SSSR count). The molecule has 23 heavy (non-hydrogen) atoms. The smallest absolute Gasteiger partial charge is 0.123 e. The van der Waals surface area contributed by atoms with Crippen molar-refractivity contribution in [1.82, 2.24) is 4.90 Å². The van der Waals surface area contributed by atoms with Gasteiger partial charge in [0.05, 0.1) is 18.3 Å². The van der Waals surface area contributed by atoms with E-state index in [0.29, 0.717) is 6.61 Å². The Morgan fingerprint density at radius 3 is 2.91 bits per heavy atom. The van der Waals surface area contributed by atoms with E-state index in [4.69, 9.17) is 14.6 Å². The third-order valence-corrected chi connectivity index (χ3v) is 5.37. The molecule has 1 saturated carbocycles. The van der Waals surface area contributed by atoms with Crippen LogP contribution in [0.5, 0.6) is 5.75 Å². The second kappa shape index (κ2) is 7.18. The summed E-state index contributed by atoms with van der Waals surface area (Å²) in [6, 6.07) is 8.22. The van der Waals surface area contributed by atoms with Gasteiger partial charge >= 0.3 is 0 Å². The standard InChI is InChI=1S/C18H27NO4/c1-22-18-7-6-15(21)12-17(18)19(9-8-18)13-14-4-2-3-5-16(14)23-11-10-20/h2-5,15,17,20-21H,6-13H2,1H3/t15-,17-,18+/m0/s1. The zero-order chi connectivity index (χ0) is 16.3. The highest BCUT2D eigenvalue weighted by Crippen LogP contribution is 2.43. The fourth-order valence-corrected chi connectivity index (χ4v) is 4.11. The summed E-state index contributed by atoms with van der Waals surface area (Å²) in [7, 11) is 1.80. The Morgan fingerprint density at radius 1 is 1.30 bits per heavy atom. The first-order valence-electron chi connectivity index (χ1n) is 8.47. The largest absolute Gasteiger partial charge is 0.491 e. The monoisotopic (exact) mass is 321 g/mol. The first-order chi connectivity index (χ1) is 11.2. The van der Waals surface area contributed by atoms with Crippen LogP contribution in [0.1, 0.15) is 31.2 Å². The molecule has 1 aromatic rings. The van der Waals surface area contributed by atoms with E-state index in [1.54, 1.807) is 7.11 Å². The van der Waals surface area contributed by atoms with Crippen LogP contribution in [0.4, 0.5) is 0 Å². The highest BCUT2D eigenvalue weighted by atomic mass is 16.5. The number of para-hydroxylation sites is 1. The minimum atomic E-state index is -0.232. The van der Waals surface area contributed by atoms with E-state index in [-0.39, 0.29) is 24.4 Å². The molecule has 0 spiro atoms. The van der Waals surface area contributed by atoms with Crippen LogP contribution in [0, 0.1) is 0 Å². The molecule has 5 nitrogen and oxygen atoms in total. The maximum atomic E-state index is 10.1. The molecule has 0 unspecified atom stereocenters. The Bertz CT molecular complexity index is 523. The van der Waals surface area contributed by atoms with E-state index in [9.17, 15) is 5.11 Å². The second-order valence-electron chi connectivity index (χ2n) is 6.61. The molecule has 1 heterocycles. The molecule has 5 heteroatoms. The van der Waals surface area contributed by atoms with Crippen molar-refractivity contribution >= 4 is 0 Å². The third kappa shape index (κ3) is 3.38. The fourth-order valence-electron chi connectivity index (χ4n) is 4.11. The summed E-state index contributed by atoms with van der Waals surface area (Å²) in [6.45, 7) is 2.07. The summed E-state index contributed by atoms with van der Waals surface area (Å²) in [5.74, 6) is 0.827. The Morgan fingerprint density at radius 2 is 2.13 bits per heavy atom. The van der Waals surface area contributed by atoms with E-state index in [1.165, 1.54) is 0 Å². The number of ether oxygens (including phenoxy) is 2. The maximum Gasteiger partial charge on any atom is 0.123 e. The van der Waals surface area contributed by atoms with E-state index in [1.807, 2.05) is 18.2 Å². The molecule has 128 valence electrons. The minimum Gasteiger partial charge on any atom is -0.491 e. The van der Waals surface area contributed by atoms with Gasteiger partial charge in [0, 0.05) is 31.8 Å². The number of aliphatic hydroxyl groups excluding tert-OH is 2. The van der Waals surface area contributed by atoms with Crippen molar-refractivity contribution in [3.8, 4) is 5.75 Å². The highest BCUT2D eigenvalue weighted by Gasteiger charge is 2.50. The molecule has 0 amide bonds. The minimum absolute atomic E-state index is 0.0135. The average Bonchev–Trinajstić information content (AvgIpc) is 2.93. The van der Waals surface area contributed by atoms with Crippen LogP contribution < -0.4 is 4.74 Å². The molecule has 3 atom stereocenters. The quantitative estimate of drug-likeness (QED) is 0.833. The van der Waals surface area contributed by atoms with Crippen LogP contribution in [0.25, 0.3) is 0 Å². The van der Waals surface area contributed by atoms with Gasteiger partial charge < -0.3 is 19.7 Å². The van der Waals surface area contributed by atoms with Crippen molar-refractivity contribution in [2.75, 3.05) is 26.9 Å². The molecular weight excluding hydrogens is 294 g/mol. The van der Waals surface area contributed by atoms with E-state index >= 15 is 0 Å². The molecule has 2 N–H and O–H groups in total. The predicted octanol–water partition coefficient (Wildman–Crippen LogP) is 1.56. The normalized spacial score (nSPS) is 31.1.